The predicted octanol–water partition coefficient (Wildman–Crippen LogP) is 1.73. The van der Waals surface area contributed by atoms with E-state index < -0.39 is 10.8 Å². The Morgan fingerprint density at radius 3 is 2.96 bits per heavy atom. The number of fused-ring (bicyclic) bond motifs is 3. The van der Waals surface area contributed by atoms with E-state index in [0.29, 0.717) is 34.9 Å². The fourth-order valence-electron chi connectivity index (χ4n) is 2.77. The number of benzene rings is 1. The lowest BCUT2D eigenvalue weighted by molar-refractivity contribution is 0.363. The Morgan fingerprint density at radius 2 is 2.19 bits per heavy atom. The summed E-state index contributed by atoms with van der Waals surface area (Å²) < 4.78 is 20.4. The standard InChI is InChI=1S/C18H15N5O3S/c1-3-9-26-13-6-4-5-12(10-13)23-16(24)14-11-20-17(27(2)25)21-15(14)22-8-7-19-18(22)23/h3-8,10-11H,1,9H2,2H3. The Labute approximate surface area is 156 Å². The van der Waals surface area contributed by atoms with Crippen LogP contribution in [0.25, 0.3) is 22.5 Å². The van der Waals surface area contributed by atoms with Crippen LogP contribution in [0.15, 0.2) is 65.5 Å². The first kappa shape index (κ1) is 17.1. The van der Waals surface area contributed by atoms with E-state index in [0.717, 1.165) is 0 Å². The van der Waals surface area contributed by atoms with Crippen LogP contribution < -0.4 is 10.3 Å². The maximum absolute atomic E-state index is 13.1. The topological polar surface area (TPSA) is 91.4 Å². The molecule has 0 N–H and O–H groups in total. The van der Waals surface area contributed by atoms with E-state index in [9.17, 15) is 9.00 Å². The molecule has 0 aliphatic heterocycles. The minimum absolute atomic E-state index is 0.162. The van der Waals surface area contributed by atoms with E-state index in [1.54, 1.807) is 47.1 Å². The number of nitrogens with zero attached hydrogens (tertiary/aromatic N) is 5. The Hall–Kier alpha value is -3.33. The number of imidazole rings is 1. The molecule has 1 atom stereocenters. The van der Waals surface area contributed by atoms with E-state index in [1.807, 2.05) is 0 Å². The third-order valence-electron chi connectivity index (χ3n) is 3.93. The molecule has 0 saturated carbocycles. The molecule has 0 bridgehead atoms. The molecule has 0 spiro atoms. The second kappa shape index (κ2) is 6.76. The van der Waals surface area contributed by atoms with Crippen molar-refractivity contribution in [1.82, 2.24) is 23.9 Å². The van der Waals surface area contributed by atoms with Gasteiger partial charge in [0.25, 0.3) is 5.56 Å². The van der Waals surface area contributed by atoms with E-state index in [4.69, 9.17) is 4.74 Å². The molecule has 3 heterocycles. The van der Waals surface area contributed by atoms with Gasteiger partial charge in [0.2, 0.25) is 10.9 Å². The summed E-state index contributed by atoms with van der Waals surface area (Å²) in [6.45, 7) is 3.99. The molecule has 0 saturated heterocycles. The summed E-state index contributed by atoms with van der Waals surface area (Å²) in [5.74, 6) is 0.997. The molecule has 136 valence electrons. The van der Waals surface area contributed by atoms with Crippen LogP contribution in [-0.2, 0) is 10.8 Å². The summed E-state index contributed by atoms with van der Waals surface area (Å²) in [6.07, 6.45) is 7.81. The van der Waals surface area contributed by atoms with Crippen molar-refractivity contribution >= 4 is 27.6 Å². The third-order valence-corrected chi connectivity index (χ3v) is 4.64. The summed E-state index contributed by atoms with van der Waals surface area (Å²) >= 11 is 0. The number of aromatic nitrogens is 5. The first-order chi connectivity index (χ1) is 13.1. The van der Waals surface area contributed by atoms with Crippen molar-refractivity contribution in [2.75, 3.05) is 12.9 Å². The average Bonchev–Trinajstić information content (AvgIpc) is 3.16. The SMILES string of the molecule is C=CCOc1cccc(-n2c(=O)c3cnc(S(C)=O)nc3n3ccnc23)c1. The molecule has 4 rings (SSSR count). The highest BCUT2D eigenvalue weighted by atomic mass is 32.2. The minimum atomic E-state index is -1.36. The number of hydrogen-bond donors (Lipinski definition) is 0. The zero-order chi connectivity index (χ0) is 19.0. The number of ether oxygens (including phenoxy) is 1. The maximum atomic E-state index is 13.1. The molecule has 0 fully saturated rings. The molecular weight excluding hydrogens is 366 g/mol. The largest absolute Gasteiger partial charge is 0.489 e. The third kappa shape index (κ3) is 2.91. The van der Waals surface area contributed by atoms with Crippen molar-refractivity contribution < 1.29 is 8.95 Å². The second-order valence-corrected chi connectivity index (χ2v) is 6.95. The van der Waals surface area contributed by atoms with E-state index >= 15 is 0 Å². The van der Waals surface area contributed by atoms with Crippen LogP contribution in [0.5, 0.6) is 5.75 Å². The molecule has 1 aromatic carbocycles. The highest BCUT2D eigenvalue weighted by molar-refractivity contribution is 7.84. The van der Waals surface area contributed by atoms with Crippen molar-refractivity contribution in [1.29, 1.82) is 0 Å². The molecule has 0 radical (unpaired) electrons. The Kier molecular flexibility index (Phi) is 4.28. The molecular formula is C18H15N5O3S. The van der Waals surface area contributed by atoms with Gasteiger partial charge in [-0.3, -0.25) is 13.4 Å². The Bertz CT molecular complexity index is 1260. The quantitative estimate of drug-likeness (QED) is 0.386. The van der Waals surface area contributed by atoms with Gasteiger partial charge in [-0.25, -0.2) is 19.5 Å². The van der Waals surface area contributed by atoms with Crippen molar-refractivity contribution in [3.8, 4) is 11.4 Å². The van der Waals surface area contributed by atoms with Crippen LogP contribution in [0.1, 0.15) is 0 Å². The smallest absolute Gasteiger partial charge is 0.270 e. The molecule has 0 amide bonds. The molecule has 1 unspecified atom stereocenters. The van der Waals surface area contributed by atoms with Crippen LogP contribution >= 0.6 is 0 Å². The molecule has 9 heteroatoms. The van der Waals surface area contributed by atoms with Gasteiger partial charge in [0.05, 0.1) is 16.5 Å². The van der Waals surface area contributed by atoms with Gasteiger partial charge in [-0.15, -0.1) is 0 Å². The summed E-state index contributed by atoms with van der Waals surface area (Å²) in [5, 5.41) is 0.460. The van der Waals surface area contributed by atoms with Gasteiger partial charge in [0.1, 0.15) is 17.7 Å². The van der Waals surface area contributed by atoms with Gasteiger partial charge in [-0.1, -0.05) is 18.7 Å². The zero-order valence-electron chi connectivity index (χ0n) is 14.4. The monoisotopic (exact) mass is 381 g/mol. The van der Waals surface area contributed by atoms with Crippen LogP contribution in [0.3, 0.4) is 0 Å². The Balaban J connectivity index is 2.01. The summed E-state index contributed by atoms with van der Waals surface area (Å²) in [5.41, 5.74) is 0.642. The van der Waals surface area contributed by atoms with Crippen molar-refractivity contribution in [2.45, 2.75) is 5.16 Å². The van der Waals surface area contributed by atoms with Gasteiger partial charge in [0.15, 0.2) is 5.65 Å². The molecule has 3 aromatic heterocycles. The number of hydrogen-bond acceptors (Lipinski definition) is 6. The van der Waals surface area contributed by atoms with Crippen LogP contribution in [0.4, 0.5) is 0 Å². The highest BCUT2D eigenvalue weighted by Gasteiger charge is 2.16. The van der Waals surface area contributed by atoms with Crippen LogP contribution in [0.2, 0.25) is 0 Å². The fourth-order valence-corrected chi connectivity index (χ4v) is 3.18. The summed E-state index contributed by atoms with van der Waals surface area (Å²) in [6, 6.07) is 7.14. The molecule has 8 nitrogen and oxygen atoms in total. The molecule has 0 aliphatic carbocycles. The molecule has 27 heavy (non-hydrogen) atoms. The van der Waals surface area contributed by atoms with Crippen LogP contribution in [0, 0.1) is 0 Å². The normalized spacial score (nSPS) is 12.3. The predicted molar refractivity (Wildman–Crippen MR) is 102 cm³/mol. The van der Waals surface area contributed by atoms with E-state index in [-0.39, 0.29) is 10.7 Å². The lowest BCUT2D eigenvalue weighted by Gasteiger charge is -2.12. The van der Waals surface area contributed by atoms with Crippen molar-refractivity contribution in [2.24, 2.45) is 0 Å². The number of rotatable bonds is 5. The van der Waals surface area contributed by atoms with Gasteiger partial charge in [-0.2, -0.15) is 0 Å². The summed E-state index contributed by atoms with van der Waals surface area (Å²) in [7, 11) is -1.36. The van der Waals surface area contributed by atoms with Crippen molar-refractivity contribution in [3.05, 3.63) is 65.9 Å². The van der Waals surface area contributed by atoms with E-state index in [2.05, 4.69) is 21.5 Å². The molecule has 0 aliphatic rings. The zero-order valence-corrected chi connectivity index (χ0v) is 15.2. The fraction of sp³-hybridized carbons (Fsp3) is 0.111. The second-order valence-electron chi connectivity index (χ2n) is 5.68. The van der Waals surface area contributed by atoms with Crippen LogP contribution in [-0.4, -0.2) is 41.0 Å². The van der Waals surface area contributed by atoms with Gasteiger partial charge >= 0.3 is 0 Å². The summed E-state index contributed by atoms with van der Waals surface area (Å²) in [4.78, 5) is 25.8. The highest BCUT2D eigenvalue weighted by Crippen LogP contribution is 2.19. The van der Waals surface area contributed by atoms with Gasteiger partial charge < -0.3 is 4.74 Å². The lowest BCUT2D eigenvalue weighted by Crippen LogP contribution is -2.22. The maximum Gasteiger partial charge on any atom is 0.270 e. The van der Waals surface area contributed by atoms with Crippen molar-refractivity contribution in [3.63, 3.8) is 0 Å². The first-order valence-corrected chi connectivity index (χ1v) is 9.58. The first-order valence-electron chi connectivity index (χ1n) is 8.02. The van der Waals surface area contributed by atoms with E-state index in [1.165, 1.54) is 17.0 Å². The minimum Gasteiger partial charge on any atom is -0.489 e. The molecule has 4 aromatic rings. The Morgan fingerprint density at radius 1 is 1.33 bits per heavy atom. The van der Waals surface area contributed by atoms with Gasteiger partial charge in [0, 0.05) is 30.9 Å². The lowest BCUT2D eigenvalue weighted by atomic mass is 10.3. The average molecular weight is 381 g/mol. The van der Waals surface area contributed by atoms with Gasteiger partial charge in [-0.05, 0) is 12.1 Å².